The molecule has 96 valence electrons. The van der Waals surface area contributed by atoms with Gasteiger partial charge in [-0.1, -0.05) is 0 Å². The number of nitrogens with two attached hydrogens (primary N) is 1. The lowest BCUT2D eigenvalue weighted by Gasteiger charge is -2.23. The zero-order valence-electron chi connectivity index (χ0n) is 9.77. The standard InChI is InChI=1S/C11H17FN2O2S/c1-2-17(15,16)14(9-3-8-13)11-6-4-10(12)5-7-11/h4-7H,2-3,8-9,13H2,1H3. The summed E-state index contributed by atoms with van der Waals surface area (Å²) < 4.78 is 37.8. The molecule has 17 heavy (non-hydrogen) atoms. The molecule has 0 aromatic heterocycles. The number of halogens is 1. The fraction of sp³-hybridized carbons (Fsp3) is 0.455. The maximum atomic E-state index is 12.8. The second kappa shape index (κ2) is 5.97. The van der Waals surface area contributed by atoms with Crippen LogP contribution in [0.3, 0.4) is 0 Å². The van der Waals surface area contributed by atoms with Crippen LogP contribution in [0.25, 0.3) is 0 Å². The molecule has 6 heteroatoms. The highest BCUT2D eigenvalue weighted by atomic mass is 32.2. The van der Waals surface area contributed by atoms with Gasteiger partial charge in [0.25, 0.3) is 0 Å². The quantitative estimate of drug-likeness (QED) is 0.839. The van der Waals surface area contributed by atoms with Gasteiger partial charge in [-0.2, -0.15) is 0 Å². The first kappa shape index (κ1) is 13.9. The van der Waals surface area contributed by atoms with E-state index < -0.39 is 10.0 Å². The Kier molecular flexibility index (Phi) is 4.89. The summed E-state index contributed by atoms with van der Waals surface area (Å²) in [5.74, 6) is -0.379. The lowest BCUT2D eigenvalue weighted by atomic mass is 10.3. The topological polar surface area (TPSA) is 63.4 Å². The summed E-state index contributed by atoms with van der Waals surface area (Å²) in [6.45, 7) is 2.31. The van der Waals surface area contributed by atoms with Crippen LogP contribution in [-0.2, 0) is 10.0 Å². The molecule has 1 aromatic rings. The molecule has 0 bridgehead atoms. The van der Waals surface area contributed by atoms with Crippen molar-refractivity contribution in [2.24, 2.45) is 5.73 Å². The number of hydrogen-bond donors (Lipinski definition) is 1. The van der Waals surface area contributed by atoms with Crippen LogP contribution < -0.4 is 10.0 Å². The van der Waals surface area contributed by atoms with Gasteiger partial charge < -0.3 is 5.73 Å². The fourth-order valence-corrected chi connectivity index (χ4v) is 2.59. The van der Waals surface area contributed by atoms with Gasteiger partial charge >= 0.3 is 0 Å². The minimum absolute atomic E-state index is 0.00888. The Labute approximate surface area is 101 Å². The van der Waals surface area contributed by atoms with Crippen molar-refractivity contribution in [1.29, 1.82) is 0 Å². The number of sulfonamides is 1. The Hall–Kier alpha value is -1.14. The van der Waals surface area contributed by atoms with Gasteiger partial charge in [-0.25, -0.2) is 12.8 Å². The van der Waals surface area contributed by atoms with E-state index in [0.29, 0.717) is 25.2 Å². The molecule has 4 nitrogen and oxygen atoms in total. The third-order valence-corrected chi connectivity index (χ3v) is 4.18. The third kappa shape index (κ3) is 3.67. The lowest BCUT2D eigenvalue weighted by molar-refractivity contribution is 0.590. The summed E-state index contributed by atoms with van der Waals surface area (Å²) in [5.41, 5.74) is 5.86. The maximum Gasteiger partial charge on any atom is 0.234 e. The Balaban J connectivity index is 3.02. The van der Waals surface area contributed by atoms with Crippen molar-refractivity contribution in [1.82, 2.24) is 0 Å². The summed E-state index contributed by atoms with van der Waals surface area (Å²) in [6, 6.07) is 5.41. The van der Waals surface area contributed by atoms with Gasteiger partial charge in [-0.15, -0.1) is 0 Å². The zero-order valence-corrected chi connectivity index (χ0v) is 10.6. The van der Waals surface area contributed by atoms with Crippen LogP contribution >= 0.6 is 0 Å². The molecule has 0 saturated heterocycles. The van der Waals surface area contributed by atoms with Crippen molar-refractivity contribution < 1.29 is 12.8 Å². The molecular formula is C11H17FN2O2S. The summed E-state index contributed by atoms with van der Waals surface area (Å²) in [6.07, 6.45) is 0.566. The summed E-state index contributed by atoms with van der Waals surface area (Å²) in [7, 11) is -3.34. The van der Waals surface area contributed by atoms with Crippen molar-refractivity contribution in [2.45, 2.75) is 13.3 Å². The molecule has 0 saturated carbocycles. The Morgan fingerprint density at radius 1 is 1.29 bits per heavy atom. The van der Waals surface area contributed by atoms with E-state index in [9.17, 15) is 12.8 Å². The van der Waals surface area contributed by atoms with E-state index in [4.69, 9.17) is 5.73 Å². The normalized spacial score (nSPS) is 11.5. The molecular weight excluding hydrogens is 243 g/mol. The molecule has 2 N–H and O–H groups in total. The summed E-state index contributed by atoms with van der Waals surface area (Å²) >= 11 is 0. The lowest BCUT2D eigenvalue weighted by Crippen LogP contribution is -2.34. The molecule has 0 amide bonds. The fourth-order valence-electron chi connectivity index (χ4n) is 1.43. The second-order valence-corrected chi connectivity index (χ2v) is 5.77. The minimum atomic E-state index is -3.34. The average Bonchev–Trinajstić information content (AvgIpc) is 2.31. The first-order chi connectivity index (χ1) is 8.01. The summed E-state index contributed by atoms with van der Waals surface area (Å²) in [5, 5.41) is 0. The molecule has 1 aromatic carbocycles. The Morgan fingerprint density at radius 3 is 2.35 bits per heavy atom. The molecule has 0 unspecified atom stereocenters. The molecule has 1 rings (SSSR count). The van der Waals surface area contributed by atoms with Crippen LogP contribution in [0, 0.1) is 5.82 Å². The smallest absolute Gasteiger partial charge is 0.234 e. The van der Waals surface area contributed by atoms with Gasteiger partial charge in [0.1, 0.15) is 5.82 Å². The van der Waals surface area contributed by atoms with Gasteiger partial charge in [-0.05, 0) is 44.2 Å². The van der Waals surface area contributed by atoms with Crippen molar-refractivity contribution >= 4 is 15.7 Å². The van der Waals surface area contributed by atoms with Crippen molar-refractivity contribution in [2.75, 3.05) is 23.1 Å². The van der Waals surface area contributed by atoms with E-state index in [1.54, 1.807) is 6.92 Å². The number of rotatable bonds is 6. The SMILES string of the molecule is CCS(=O)(=O)N(CCCN)c1ccc(F)cc1. The molecule has 0 fully saturated rings. The van der Waals surface area contributed by atoms with E-state index in [1.165, 1.54) is 28.6 Å². The Morgan fingerprint density at radius 2 is 1.88 bits per heavy atom. The first-order valence-electron chi connectivity index (χ1n) is 5.47. The van der Waals surface area contributed by atoms with Gasteiger partial charge in [0, 0.05) is 6.54 Å². The maximum absolute atomic E-state index is 12.8. The van der Waals surface area contributed by atoms with Crippen molar-refractivity contribution in [3.8, 4) is 0 Å². The van der Waals surface area contributed by atoms with E-state index in [2.05, 4.69) is 0 Å². The van der Waals surface area contributed by atoms with Gasteiger partial charge in [0.05, 0.1) is 11.4 Å². The van der Waals surface area contributed by atoms with Crippen LogP contribution in [0.2, 0.25) is 0 Å². The van der Waals surface area contributed by atoms with Crippen LogP contribution in [0.5, 0.6) is 0 Å². The minimum Gasteiger partial charge on any atom is -0.330 e. The van der Waals surface area contributed by atoms with E-state index in [0.717, 1.165) is 0 Å². The van der Waals surface area contributed by atoms with Crippen LogP contribution in [0.1, 0.15) is 13.3 Å². The van der Waals surface area contributed by atoms with E-state index in [-0.39, 0.29) is 11.6 Å². The Bertz CT molecular complexity index is 445. The van der Waals surface area contributed by atoms with Crippen molar-refractivity contribution in [3.63, 3.8) is 0 Å². The molecule has 0 aliphatic heterocycles. The molecule has 0 aliphatic carbocycles. The van der Waals surface area contributed by atoms with Crippen LogP contribution in [-0.4, -0.2) is 27.3 Å². The van der Waals surface area contributed by atoms with Crippen LogP contribution in [0.4, 0.5) is 10.1 Å². The molecule has 0 aliphatic rings. The van der Waals surface area contributed by atoms with Gasteiger partial charge in [0.2, 0.25) is 10.0 Å². The van der Waals surface area contributed by atoms with Crippen molar-refractivity contribution in [3.05, 3.63) is 30.1 Å². The van der Waals surface area contributed by atoms with Gasteiger partial charge in [0.15, 0.2) is 0 Å². The average molecular weight is 260 g/mol. The second-order valence-electron chi connectivity index (χ2n) is 3.59. The third-order valence-electron chi connectivity index (χ3n) is 2.38. The molecule has 0 heterocycles. The first-order valence-corrected chi connectivity index (χ1v) is 7.08. The summed E-state index contributed by atoms with van der Waals surface area (Å²) in [4.78, 5) is 0. The number of nitrogens with zero attached hydrogens (tertiary/aromatic N) is 1. The predicted molar refractivity (Wildman–Crippen MR) is 66.9 cm³/mol. The predicted octanol–water partition coefficient (Wildman–Crippen LogP) is 1.33. The van der Waals surface area contributed by atoms with Crippen LogP contribution in [0.15, 0.2) is 24.3 Å². The molecule has 0 radical (unpaired) electrons. The van der Waals surface area contributed by atoms with E-state index >= 15 is 0 Å². The molecule has 0 atom stereocenters. The number of benzene rings is 1. The monoisotopic (exact) mass is 260 g/mol. The highest BCUT2D eigenvalue weighted by Crippen LogP contribution is 2.19. The molecule has 0 spiro atoms. The highest BCUT2D eigenvalue weighted by molar-refractivity contribution is 7.92. The number of hydrogen-bond acceptors (Lipinski definition) is 3. The van der Waals surface area contributed by atoms with Gasteiger partial charge in [-0.3, -0.25) is 4.31 Å². The largest absolute Gasteiger partial charge is 0.330 e. The number of anilines is 1. The highest BCUT2D eigenvalue weighted by Gasteiger charge is 2.19. The zero-order chi connectivity index (χ0) is 12.9. The van der Waals surface area contributed by atoms with E-state index in [1.807, 2.05) is 0 Å².